The Morgan fingerprint density at radius 1 is 1.28 bits per heavy atom. The van der Waals surface area contributed by atoms with Crippen LogP contribution in [0.2, 0.25) is 0 Å². The van der Waals surface area contributed by atoms with Gasteiger partial charge in [0.2, 0.25) is 0 Å². The van der Waals surface area contributed by atoms with Gasteiger partial charge >= 0.3 is 0 Å². The Balaban J connectivity index is 2.12. The van der Waals surface area contributed by atoms with Crippen molar-refractivity contribution in [1.29, 1.82) is 0 Å². The lowest BCUT2D eigenvalue weighted by Crippen LogP contribution is -2.43. The van der Waals surface area contributed by atoms with Crippen molar-refractivity contribution in [3.05, 3.63) is 35.9 Å². The lowest BCUT2D eigenvalue weighted by atomic mass is 10.0. The first-order valence-electron chi connectivity index (χ1n) is 6.13. The summed E-state index contributed by atoms with van der Waals surface area (Å²) in [5.41, 5.74) is 0.776. The van der Waals surface area contributed by atoms with Crippen molar-refractivity contribution in [1.82, 2.24) is 9.03 Å². The van der Waals surface area contributed by atoms with Crippen LogP contribution >= 0.6 is 0 Å². The van der Waals surface area contributed by atoms with Crippen molar-refractivity contribution >= 4 is 10.2 Å². The van der Waals surface area contributed by atoms with Gasteiger partial charge in [0.1, 0.15) is 0 Å². The number of rotatable bonds is 2. The van der Waals surface area contributed by atoms with Gasteiger partial charge in [0.15, 0.2) is 0 Å². The molecule has 1 atom stereocenters. The Kier molecular flexibility index (Phi) is 3.49. The van der Waals surface area contributed by atoms with Crippen LogP contribution in [0.5, 0.6) is 0 Å². The van der Waals surface area contributed by atoms with E-state index >= 15 is 0 Å². The maximum Gasteiger partial charge on any atom is 0.280 e. The summed E-state index contributed by atoms with van der Waals surface area (Å²) < 4.78 is 28.3. The lowest BCUT2D eigenvalue weighted by molar-refractivity contribution is 0.259. The summed E-state index contributed by atoms with van der Waals surface area (Å²) in [6.45, 7) is 6.27. The standard InChI is InChI=1S/C13H20N2O2S/c1-13(2,3)15-10-12(14-18(15,16)17)9-11-7-5-4-6-8-11/h4-8,12,14H,9-10H2,1-3H3. The molecule has 100 valence electrons. The average Bonchev–Trinajstić information content (AvgIpc) is 2.54. The first kappa shape index (κ1) is 13.5. The van der Waals surface area contributed by atoms with Crippen molar-refractivity contribution in [2.75, 3.05) is 6.54 Å². The molecule has 0 aliphatic carbocycles. The van der Waals surface area contributed by atoms with E-state index in [2.05, 4.69) is 4.72 Å². The van der Waals surface area contributed by atoms with Crippen molar-refractivity contribution < 1.29 is 8.42 Å². The van der Waals surface area contributed by atoms with Gasteiger partial charge in [0.25, 0.3) is 10.2 Å². The summed E-state index contributed by atoms with van der Waals surface area (Å²) in [7, 11) is -3.33. The summed E-state index contributed by atoms with van der Waals surface area (Å²) >= 11 is 0. The molecular weight excluding hydrogens is 248 g/mol. The summed E-state index contributed by atoms with van der Waals surface area (Å²) in [6, 6.07) is 9.91. The first-order valence-corrected chi connectivity index (χ1v) is 7.57. The zero-order chi connectivity index (χ0) is 13.4. The highest BCUT2D eigenvalue weighted by atomic mass is 32.2. The molecule has 0 bridgehead atoms. The van der Waals surface area contributed by atoms with Crippen LogP contribution in [0.25, 0.3) is 0 Å². The topological polar surface area (TPSA) is 49.4 Å². The SMILES string of the molecule is CC(C)(C)N1CC(Cc2ccccc2)NS1(=O)=O. The minimum Gasteiger partial charge on any atom is -0.197 e. The minimum atomic E-state index is -3.33. The lowest BCUT2D eigenvalue weighted by Gasteiger charge is -2.28. The predicted molar refractivity (Wildman–Crippen MR) is 72.4 cm³/mol. The number of hydrogen-bond donors (Lipinski definition) is 1. The second kappa shape index (κ2) is 4.64. The van der Waals surface area contributed by atoms with Gasteiger partial charge in [-0.15, -0.1) is 0 Å². The summed E-state index contributed by atoms with van der Waals surface area (Å²) in [5.74, 6) is 0. The predicted octanol–water partition coefficient (Wildman–Crippen LogP) is 1.55. The second-order valence-electron chi connectivity index (χ2n) is 5.71. The van der Waals surface area contributed by atoms with Gasteiger partial charge in [-0.1, -0.05) is 30.3 Å². The molecule has 0 spiro atoms. The number of nitrogens with one attached hydrogen (secondary N) is 1. The maximum absolute atomic E-state index is 12.0. The van der Waals surface area contributed by atoms with Gasteiger partial charge in [-0.25, -0.2) is 0 Å². The maximum atomic E-state index is 12.0. The Hall–Kier alpha value is -0.910. The van der Waals surface area contributed by atoms with Crippen molar-refractivity contribution in [3.63, 3.8) is 0 Å². The third kappa shape index (κ3) is 2.91. The van der Waals surface area contributed by atoms with Crippen LogP contribution in [0.4, 0.5) is 0 Å². The Morgan fingerprint density at radius 2 is 1.89 bits per heavy atom. The average molecular weight is 268 g/mol. The Morgan fingerprint density at radius 3 is 2.39 bits per heavy atom. The van der Waals surface area contributed by atoms with Crippen LogP contribution in [-0.4, -0.2) is 30.8 Å². The van der Waals surface area contributed by atoms with Crippen LogP contribution in [0.1, 0.15) is 26.3 Å². The minimum absolute atomic E-state index is 0.0448. The molecule has 2 rings (SSSR count). The van der Waals surface area contributed by atoms with E-state index in [1.807, 2.05) is 51.1 Å². The molecule has 0 radical (unpaired) electrons. The van der Waals surface area contributed by atoms with Gasteiger partial charge in [-0.3, -0.25) is 0 Å². The van der Waals surface area contributed by atoms with Crippen molar-refractivity contribution in [2.24, 2.45) is 0 Å². The third-order valence-electron chi connectivity index (χ3n) is 3.07. The number of nitrogens with zero attached hydrogens (tertiary/aromatic N) is 1. The summed E-state index contributed by atoms with van der Waals surface area (Å²) in [5, 5.41) is 0. The largest absolute Gasteiger partial charge is 0.280 e. The molecule has 0 aromatic heterocycles. The highest BCUT2D eigenvalue weighted by Crippen LogP contribution is 2.23. The van der Waals surface area contributed by atoms with E-state index in [0.717, 1.165) is 12.0 Å². The van der Waals surface area contributed by atoms with Crippen LogP contribution < -0.4 is 4.72 Å². The van der Waals surface area contributed by atoms with E-state index in [9.17, 15) is 8.42 Å². The Bertz CT molecular complexity index is 506. The van der Waals surface area contributed by atoms with E-state index in [4.69, 9.17) is 0 Å². The van der Waals surface area contributed by atoms with Crippen LogP contribution in [0.15, 0.2) is 30.3 Å². The highest BCUT2D eigenvalue weighted by Gasteiger charge is 2.41. The molecule has 0 amide bonds. The fraction of sp³-hybridized carbons (Fsp3) is 0.538. The monoisotopic (exact) mass is 268 g/mol. The second-order valence-corrected chi connectivity index (χ2v) is 7.34. The molecule has 1 fully saturated rings. The van der Waals surface area contributed by atoms with E-state index < -0.39 is 10.2 Å². The van der Waals surface area contributed by atoms with Crippen molar-refractivity contribution in [2.45, 2.75) is 38.8 Å². The van der Waals surface area contributed by atoms with Gasteiger partial charge < -0.3 is 0 Å². The molecule has 1 aromatic carbocycles. The van der Waals surface area contributed by atoms with Crippen molar-refractivity contribution in [3.8, 4) is 0 Å². The number of benzene rings is 1. The van der Waals surface area contributed by atoms with Crippen LogP contribution in [0, 0.1) is 0 Å². The van der Waals surface area contributed by atoms with Crippen LogP contribution in [-0.2, 0) is 16.6 Å². The van der Waals surface area contributed by atoms with Gasteiger partial charge in [-0.05, 0) is 32.8 Å². The molecule has 1 N–H and O–H groups in total. The molecule has 1 heterocycles. The molecule has 1 unspecified atom stereocenters. The van der Waals surface area contributed by atoms with Crippen LogP contribution in [0.3, 0.4) is 0 Å². The first-order chi connectivity index (χ1) is 8.29. The summed E-state index contributed by atoms with van der Waals surface area (Å²) in [6.07, 6.45) is 0.729. The quantitative estimate of drug-likeness (QED) is 0.884. The number of hydrogen-bond acceptors (Lipinski definition) is 2. The fourth-order valence-electron chi connectivity index (χ4n) is 2.25. The third-order valence-corrected chi connectivity index (χ3v) is 4.97. The summed E-state index contributed by atoms with van der Waals surface area (Å²) in [4.78, 5) is 0. The molecular formula is C13H20N2O2S. The Labute approximate surface area is 109 Å². The van der Waals surface area contributed by atoms with E-state index in [-0.39, 0.29) is 11.6 Å². The zero-order valence-corrected chi connectivity index (χ0v) is 11.9. The molecule has 18 heavy (non-hydrogen) atoms. The highest BCUT2D eigenvalue weighted by molar-refractivity contribution is 7.87. The van der Waals surface area contributed by atoms with Gasteiger partial charge in [0.05, 0.1) is 0 Å². The molecule has 1 aliphatic heterocycles. The van der Waals surface area contributed by atoms with E-state index in [1.165, 1.54) is 4.31 Å². The molecule has 1 aliphatic rings. The fourth-order valence-corrected chi connectivity index (χ4v) is 4.05. The van der Waals surface area contributed by atoms with E-state index in [1.54, 1.807) is 0 Å². The molecule has 5 heteroatoms. The molecule has 4 nitrogen and oxygen atoms in total. The van der Waals surface area contributed by atoms with Gasteiger partial charge in [0, 0.05) is 18.1 Å². The van der Waals surface area contributed by atoms with E-state index in [0.29, 0.717) is 6.54 Å². The smallest absolute Gasteiger partial charge is 0.197 e. The molecule has 0 saturated carbocycles. The normalized spacial score (nSPS) is 24.3. The molecule has 1 saturated heterocycles. The van der Waals surface area contributed by atoms with Gasteiger partial charge in [-0.2, -0.15) is 17.4 Å². The molecule has 1 aromatic rings. The zero-order valence-electron chi connectivity index (χ0n) is 11.1.